The summed E-state index contributed by atoms with van der Waals surface area (Å²) in [7, 11) is 0. The van der Waals surface area contributed by atoms with Crippen molar-refractivity contribution in [1.29, 1.82) is 0 Å². The molecule has 0 aliphatic carbocycles. The van der Waals surface area contributed by atoms with Crippen LogP contribution >= 0.6 is 0 Å². The van der Waals surface area contributed by atoms with Gasteiger partial charge in [0, 0.05) is 44.2 Å². The molecule has 1 atom stereocenters. The first-order chi connectivity index (χ1) is 17.1. The monoisotopic (exact) mass is 679 g/mol. The Balaban J connectivity index is 0.000000401. The molecule has 1 radical (unpaired) electrons. The van der Waals surface area contributed by atoms with E-state index < -0.39 is 0 Å². The molecule has 0 aliphatic rings. The molecular formula is C33H44IrNO2-. The molecule has 0 aliphatic heterocycles. The number of hydrogen-bond donors (Lipinski definition) is 1. The van der Waals surface area contributed by atoms with Crippen molar-refractivity contribution in [2.75, 3.05) is 0 Å². The minimum atomic E-state index is 0. The first-order valence-electron chi connectivity index (χ1n) is 13.4. The third-order valence-electron chi connectivity index (χ3n) is 6.67. The fourth-order valence-corrected chi connectivity index (χ4v) is 4.37. The maximum atomic E-state index is 11.5. The zero-order valence-corrected chi connectivity index (χ0v) is 26.2. The molecule has 0 spiro atoms. The number of aromatic nitrogens is 1. The number of pyridine rings is 1. The molecule has 3 rings (SSSR count). The van der Waals surface area contributed by atoms with Gasteiger partial charge in [-0.3, -0.25) is 4.79 Å². The molecule has 3 nitrogen and oxygen atoms in total. The van der Waals surface area contributed by atoms with E-state index in [1.54, 1.807) is 0 Å². The molecule has 1 aromatic heterocycles. The van der Waals surface area contributed by atoms with Crippen LogP contribution in [0.15, 0.2) is 54.4 Å². The van der Waals surface area contributed by atoms with Crippen molar-refractivity contribution >= 4 is 16.6 Å². The topological polar surface area (TPSA) is 50.2 Å². The van der Waals surface area contributed by atoms with Gasteiger partial charge in [0.1, 0.15) is 0 Å². The van der Waals surface area contributed by atoms with E-state index in [9.17, 15) is 9.90 Å². The Morgan fingerprint density at radius 2 is 1.68 bits per heavy atom. The fourth-order valence-electron chi connectivity index (χ4n) is 4.37. The Bertz CT molecular complexity index is 1160. The maximum Gasteiger partial charge on any atom is 0.161 e. The van der Waals surface area contributed by atoms with Crippen LogP contribution in [0.5, 0.6) is 0 Å². The van der Waals surface area contributed by atoms with E-state index in [0.717, 1.165) is 42.5 Å². The van der Waals surface area contributed by atoms with Gasteiger partial charge in [-0.15, -0.1) is 34.9 Å². The van der Waals surface area contributed by atoms with Crippen molar-refractivity contribution in [3.63, 3.8) is 0 Å². The van der Waals surface area contributed by atoms with E-state index in [2.05, 4.69) is 75.1 Å². The van der Waals surface area contributed by atoms with Gasteiger partial charge >= 0.3 is 0 Å². The molecule has 0 bridgehead atoms. The first kappa shape index (κ1) is 32.7. The molecule has 1 N–H and O–H groups in total. The van der Waals surface area contributed by atoms with Crippen molar-refractivity contribution in [1.82, 2.24) is 4.98 Å². The minimum absolute atomic E-state index is 0. The van der Waals surface area contributed by atoms with Crippen LogP contribution in [0.2, 0.25) is 0 Å². The van der Waals surface area contributed by atoms with Crippen LogP contribution in [0.25, 0.3) is 22.0 Å². The summed E-state index contributed by atoms with van der Waals surface area (Å²) in [6.45, 7) is 16.6. The molecule has 1 heterocycles. The zero-order valence-electron chi connectivity index (χ0n) is 23.8. The smallest absolute Gasteiger partial charge is 0.161 e. The van der Waals surface area contributed by atoms with E-state index in [1.165, 1.54) is 28.0 Å². The number of ketones is 1. The van der Waals surface area contributed by atoms with Gasteiger partial charge < -0.3 is 10.1 Å². The third kappa shape index (κ3) is 9.83. The SMILES string of the molecule is CCC(C)C(=O)/C=C(\O)C(CC)CC.Cc1[c-]c(-c2nccc3ccc(CC(C)C)cc23)cc(C)c1.[Ir]. The summed E-state index contributed by atoms with van der Waals surface area (Å²) in [5.74, 6) is 1.11. The van der Waals surface area contributed by atoms with Crippen LogP contribution in [-0.2, 0) is 31.3 Å². The summed E-state index contributed by atoms with van der Waals surface area (Å²) in [6.07, 6.45) is 6.99. The maximum absolute atomic E-state index is 11.5. The predicted molar refractivity (Wildman–Crippen MR) is 153 cm³/mol. The summed E-state index contributed by atoms with van der Waals surface area (Å²) >= 11 is 0. The van der Waals surface area contributed by atoms with Crippen LogP contribution in [0.3, 0.4) is 0 Å². The number of carbonyl (C=O) groups excluding carboxylic acids is 1. The van der Waals surface area contributed by atoms with E-state index in [4.69, 9.17) is 0 Å². The van der Waals surface area contributed by atoms with E-state index in [1.807, 2.05) is 33.9 Å². The first-order valence-corrected chi connectivity index (χ1v) is 13.4. The molecule has 2 aromatic carbocycles. The molecule has 3 aromatic rings. The predicted octanol–water partition coefficient (Wildman–Crippen LogP) is 8.99. The summed E-state index contributed by atoms with van der Waals surface area (Å²) < 4.78 is 0. The van der Waals surface area contributed by atoms with Crippen molar-refractivity contribution in [2.45, 2.75) is 81.1 Å². The number of fused-ring (bicyclic) bond motifs is 1. The summed E-state index contributed by atoms with van der Waals surface area (Å²) in [5, 5.41) is 12.1. The van der Waals surface area contributed by atoms with E-state index in [-0.39, 0.29) is 43.5 Å². The van der Waals surface area contributed by atoms with Gasteiger partial charge in [-0.05, 0) is 59.7 Å². The van der Waals surface area contributed by atoms with Gasteiger partial charge in [0.15, 0.2) is 5.78 Å². The number of aliphatic hydroxyl groups is 1. The van der Waals surface area contributed by atoms with E-state index >= 15 is 0 Å². The number of aryl methyl sites for hydroxylation is 2. The zero-order chi connectivity index (χ0) is 26.8. The Morgan fingerprint density at radius 1 is 1.00 bits per heavy atom. The molecule has 0 saturated carbocycles. The van der Waals surface area contributed by atoms with E-state index in [0.29, 0.717) is 5.92 Å². The molecule has 37 heavy (non-hydrogen) atoms. The molecule has 203 valence electrons. The summed E-state index contributed by atoms with van der Waals surface area (Å²) in [6, 6.07) is 16.6. The molecular weight excluding hydrogens is 635 g/mol. The summed E-state index contributed by atoms with van der Waals surface area (Å²) in [4.78, 5) is 16.1. The fraction of sp³-hybridized carbons (Fsp3) is 0.455. The van der Waals surface area contributed by atoms with Crippen molar-refractivity contribution < 1.29 is 30.0 Å². The van der Waals surface area contributed by atoms with Crippen molar-refractivity contribution in [3.05, 3.63) is 77.2 Å². The second-order valence-electron chi connectivity index (χ2n) is 10.4. The van der Waals surface area contributed by atoms with Gasteiger partial charge in [-0.1, -0.05) is 73.6 Å². The number of nitrogens with zero attached hydrogens (tertiary/aromatic N) is 1. The molecule has 0 fully saturated rings. The number of allylic oxidation sites excluding steroid dienone is 2. The average molecular weight is 679 g/mol. The van der Waals surface area contributed by atoms with Crippen LogP contribution in [0, 0.1) is 37.7 Å². The molecule has 1 unspecified atom stereocenters. The standard InChI is InChI=1S/C21H22N.C12H22O2.Ir/c1-14(2)9-17-5-6-18-7-8-22-21(20(18)13-17)19-11-15(3)10-16(4)12-19;1-5-9(4)11(13)8-12(14)10(6-2)7-3;/h5-8,10-11,13-14H,9H2,1-4H3;8-10,14H,5-7H2,1-4H3;/q-1;;/b;12-8-;. The summed E-state index contributed by atoms with van der Waals surface area (Å²) in [5.41, 5.74) is 5.91. The second-order valence-corrected chi connectivity index (χ2v) is 10.4. The number of benzene rings is 2. The Labute approximate surface area is 238 Å². The second kappa shape index (κ2) is 15.8. The van der Waals surface area contributed by atoms with Gasteiger partial charge in [0.25, 0.3) is 0 Å². The Morgan fingerprint density at radius 3 is 2.24 bits per heavy atom. The Hall–Kier alpha value is -2.29. The number of hydrogen-bond acceptors (Lipinski definition) is 3. The Kier molecular flexibility index (Phi) is 14.0. The van der Waals surface area contributed by atoms with Crippen molar-refractivity contribution in [3.8, 4) is 11.3 Å². The number of rotatable bonds is 9. The normalized spacial score (nSPS) is 12.2. The van der Waals surface area contributed by atoms with Gasteiger partial charge in [-0.25, -0.2) is 0 Å². The van der Waals surface area contributed by atoms with Crippen LogP contribution in [-0.4, -0.2) is 15.9 Å². The number of carbonyl (C=O) groups is 1. The third-order valence-corrected chi connectivity index (χ3v) is 6.67. The van der Waals surface area contributed by atoms with Gasteiger partial charge in [-0.2, -0.15) is 0 Å². The number of aliphatic hydroxyl groups excluding tert-OH is 1. The molecule has 0 amide bonds. The average Bonchev–Trinajstić information content (AvgIpc) is 2.83. The van der Waals surface area contributed by atoms with Crippen LogP contribution in [0.1, 0.15) is 77.5 Å². The van der Waals surface area contributed by atoms with Crippen molar-refractivity contribution in [2.24, 2.45) is 17.8 Å². The molecule has 4 heteroatoms. The van der Waals surface area contributed by atoms with Gasteiger partial charge in [0.05, 0.1) is 5.76 Å². The van der Waals surface area contributed by atoms with Crippen LogP contribution in [0.4, 0.5) is 0 Å². The molecule has 0 saturated heterocycles. The minimum Gasteiger partial charge on any atom is -0.512 e. The quantitative estimate of drug-likeness (QED) is 0.140. The largest absolute Gasteiger partial charge is 0.512 e. The van der Waals surface area contributed by atoms with Crippen LogP contribution < -0.4 is 0 Å². The van der Waals surface area contributed by atoms with Gasteiger partial charge in [0.2, 0.25) is 0 Å².